The fraction of sp³-hybridized carbons (Fsp3) is 0.647. The van der Waals surface area contributed by atoms with Crippen LogP contribution in [-0.2, 0) is 24.0 Å². The fourth-order valence-electron chi connectivity index (χ4n) is 2.34. The SMILES string of the molecule is CC(NC(=O)C(N)CCC(N)=O)C(=O)NC(CO)C(=O)NC(CCCN=C(N)N)C(=O)O. The number of hydrogen-bond acceptors (Lipinski definition) is 8. The van der Waals surface area contributed by atoms with Gasteiger partial charge in [0, 0.05) is 13.0 Å². The Morgan fingerprint density at radius 1 is 0.906 bits per heavy atom. The molecule has 0 saturated carbocycles. The molecule has 0 aromatic carbocycles. The molecular formula is C17H32N8O7. The van der Waals surface area contributed by atoms with Crippen LogP contribution in [0.3, 0.4) is 0 Å². The molecule has 4 amide bonds. The minimum absolute atomic E-state index is 0.000397. The molecule has 4 unspecified atom stereocenters. The first-order chi connectivity index (χ1) is 14.9. The number of nitrogens with zero attached hydrogens (tertiary/aromatic N) is 1. The zero-order chi connectivity index (χ0) is 24.8. The second-order valence-electron chi connectivity index (χ2n) is 6.93. The number of primary amides is 1. The topological polar surface area (TPSA) is 278 Å². The maximum Gasteiger partial charge on any atom is 0.326 e. The molecule has 15 nitrogen and oxygen atoms in total. The Kier molecular flexibility index (Phi) is 13.0. The van der Waals surface area contributed by atoms with Crippen LogP contribution < -0.4 is 38.9 Å². The van der Waals surface area contributed by atoms with E-state index in [0.29, 0.717) is 0 Å². The summed E-state index contributed by atoms with van der Waals surface area (Å²) in [5.41, 5.74) is 20.9. The monoisotopic (exact) mass is 460 g/mol. The van der Waals surface area contributed by atoms with Gasteiger partial charge in [-0.1, -0.05) is 0 Å². The lowest BCUT2D eigenvalue weighted by Gasteiger charge is -2.22. The van der Waals surface area contributed by atoms with Gasteiger partial charge in [0.1, 0.15) is 18.1 Å². The molecule has 0 aliphatic rings. The summed E-state index contributed by atoms with van der Waals surface area (Å²) >= 11 is 0. The maximum atomic E-state index is 12.3. The summed E-state index contributed by atoms with van der Waals surface area (Å²) in [7, 11) is 0. The predicted octanol–water partition coefficient (Wildman–Crippen LogP) is -4.82. The van der Waals surface area contributed by atoms with Crippen LogP contribution in [0.5, 0.6) is 0 Å². The number of aliphatic hydroxyl groups excluding tert-OH is 1. The molecule has 182 valence electrons. The third-order valence-corrected chi connectivity index (χ3v) is 4.17. The molecule has 0 rings (SSSR count). The highest BCUT2D eigenvalue weighted by Gasteiger charge is 2.28. The Labute approximate surface area is 184 Å². The van der Waals surface area contributed by atoms with Crippen LogP contribution in [0.4, 0.5) is 0 Å². The van der Waals surface area contributed by atoms with Crippen LogP contribution in [-0.4, -0.2) is 83.1 Å². The molecule has 0 fully saturated rings. The number of aliphatic carboxylic acids is 1. The van der Waals surface area contributed by atoms with E-state index in [1.165, 1.54) is 6.92 Å². The van der Waals surface area contributed by atoms with E-state index in [-0.39, 0.29) is 38.2 Å². The van der Waals surface area contributed by atoms with Crippen LogP contribution in [0, 0.1) is 0 Å². The Balaban J connectivity index is 4.79. The van der Waals surface area contributed by atoms with Crippen LogP contribution >= 0.6 is 0 Å². The van der Waals surface area contributed by atoms with Crippen LogP contribution in [0.1, 0.15) is 32.6 Å². The van der Waals surface area contributed by atoms with E-state index in [1.54, 1.807) is 0 Å². The van der Waals surface area contributed by atoms with Crippen molar-refractivity contribution in [2.24, 2.45) is 27.9 Å². The fourth-order valence-corrected chi connectivity index (χ4v) is 2.34. The summed E-state index contributed by atoms with van der Waals surface area (Å²) in [5, 5.41) is 25.4. The summed E-state index contributed by atoms with van der Waals surface area (Å²) in [4.78, 5) is 62.3. The Morgan fingerprint density at radius 2 is 1.50 bits per heavy atom. The minimum atomic E-state index is -1.47. The Morgan fingerprint density at radius 3 is 2.00 bits per heavy atom. The number of carbonyl (C=O) groups excluding carboxylic acids is 4. The van der Waals surface area contributed by atoms with E-state index in [1.807, 2.05) is 0 Å². The molecule has 0 radical (unpaired) electrons. The Hall–Kier alpha value is -3.46. The van der Waals surface area contributed by atoms with Gasteiger partial charge in [-0.25, -0.2) is 4.79 Å². The van der Waals surface area contributed by atoms with Crippen molar-refractivity contribution in [2.75, 3.05) is 13.2 Å². The molecule has 15 heteroatoms. The van der Waals surface area contributed by atoms with Crippen LogP contribution in [0.15, 0.2) is 4.99 Å². The van der Waals surface area contributed by atoms with Crippen molar-refractivity contribution in [1.29, 1.82) is 0 Å². The number of nitrogens with one attached hydrogen (secondary N) is 3. The molecule has 0 bridgehead atoms. The first-order valence-electron chi connectivity index (χ1n) is 9.73. The largest absolute Gasteiger partial charge is 0.480 e. The van der Waals surface area contributed by atoms with Gasteiger partial charge in [-0.3, -0.25) is 24.2 Å². The van der Waals surface area contributed by atoms with E-state index in [0.717, 1.165) is 0 Å². The van der Waals surface area contributed by atoms with Gasteiger partial charge in [-0.15, -0.1) is 0 Å². The van der Waals surface area contributed by atoms with Crippen molar-refractivity contribution < 1.29 is 34.2 Å². The van der Waals surface area contributed by atoms with Gasteiger partial charge >= 0.3 is 5.97 Å². The summed E-state index contributed by atoms with van der Waals surface area (Å²) in [6.07, 6.45) is 0.125. The van der Waals surface area contributed by atoms with Gasteiger partial charge < -0.3 is 49.1 Å². The second-order valence-corrected chi connectivity index (χ2v) is 6.93. The number of nitrogens with two attached hydrogens (primary N) is 4. The molecule has 0 aromatic rings. The highest BCUT2D eigenvalue weighted by atomic mass is 16.4. The summed E-state index contributed by atoms with van der Waals surface area (Å²) in [6.45, 7) is 0.641. The highest BCUT2D eigenvalue weighted by molar-refractivity contribution is 5.94. The molecule has 13 N–H and O–H groups in total. The zero-order valence-electron chi connectivity index (χ0n) is 17.7. The standard InChI is InChI=1S/C17H32N8O7/c1-8(23-14(29)9(18)4-5-12(19)27)13(28)25-11(7-26)15(30)24-10(16(31)32)3-2-6-22-17(20)21/h8-11,26H,2-7,18H2,1H3,(H2,19,27)(H,23,29)(H,24,30)(H,25,28)(H,31,32)(H4,20,21,22). The smallest absolute Gasteiger partial charge is 0.326 e. The number of aliphatic hydroxyl groups is 1. The lowest BCUT2D eigenvalue weighted by Crippen LogP contribution is -2.57. The average molecular weight is 460 g/mol. The molecule has 0 aliphatic carbocycles. The van der Waals surface area contributed by atoms with E-state index in [4.69, 9.17) is 22.9 Å². The summed E-state index contributed by atoms with van der Waals surface area (Å²) in [6, 6.07) is -4.99. The van der Waals surface area contributed by atoms with Crippen molar-refractivity contribution in [2.45, 2.75) is 56.8 Å². The van der Waals surface area contributed by atoms with Gasteiger partial charge in [0.2, 0.25) is 23.6 Å². The number of rotatable bonds is 15. The molecule has 0 heterocycles. The van der Waals surface area contributed by atoms with Gasteiger partial charge in [0.05, 0.1) is 12.6 Å². The quantitative estimate of drug-likeness (QED) is 0.0638. The third-order valence-electron chi connectivity index (χ3n) is 4.17. The number of carboxylic acid groups (broad SMARTS) is 1. The maximum absolute atomic E-state index is 12.3. The molecular weight excluding hydrogens is 428 g/mol. The van der Waals surface area contributed by atoms with Crippen LogP contribution in [0.25, 0.3) is 0 Å². The lowest BCUT2D eigenvalue weighted by atomic mass is 10.1. The number of aliphatic imine (C=N–C) groups is 1. The van der Waals surface area contributed by atoms with Gasteiger partial charge in [-0.05, 0) is 26.2 Å². The molecule has 4 atom stereocenters. The Bertz CT molecular complexity index is 711. The van der Waals surface area contributed by atoms with Crippen LogP contribution in [0.2, 0.25) is 0 Å². The number of carbonyl (C=O) groups is 5. The van der Waals surface area contributed by atoms with Gasteiger partial charge in [-0.2, -0.15) is 0 Å². The molecule has 0 aliphatic heterocycles. The first kappa shape index (κ1) is 28.5. The molecule has 0 spiro atoms. The van der Waals surface area contributed by atoms with Crippen molar-refractivity contribution in [3.63, 3.8) is 0 Å². The third kappa shape index (κ3) is 11.7. The van der Waals surface area contributed by atoms with Crippen molar-refractivity contribution in [3.8, 4) is 0 Å². The van der Waals surface area contributed by atoms with Gasteiger partial charge in [0.15, 0.2) is 5.96 Å². The van der Waals surface area contributed by atoms with E-state index >= 15 is 0 Å². The van der Waals surface area contributed by atoms with E-state index < -0.39 is 60.4 Å². The predicted molar refractivity (Wildman–Crippen MR) is 113 cm³/mol. The number of carboxylic acids is 1. The molecule has 32 heavy (non-hydrogen) atoms. The minimum Gasteiger partial charge on any atom is -0.480 e. The number of guanidine groups is 1. The van der Waals surface area contributed by atoms with Crippen molar-refractivity contribution >= 4 is 35.6 Å². The highest BCUT2D eigenvalue weighted by Crippen LogP contribution is 2.00. The number of hydrogen-bond donors (Lipinski definition) is 9. The lowest BCUT2D eigenvalue weighted by molar-refractivity contribution is -0.142. The average Bonchev–Trinajstić information content (AvgIpc) is 2.71. The first-order valence-corrected chi connectivity index (χ1v) is 9.73. The number of amides is 4. The summed E-state index contributed by atoms with van der Waals surface area (Å²) < 4.78 is 0. The van der Waals surface area contributed by atoms with E-state index in [9.17, 15) is 34.2 Å². The molecule has 0 saturated heterocycles. The molecule has 0 aromatic heterocycles. The van der Waals surface area contributed by atoms with Crippen molar-refractivity contribution in [1.82, 2.24) is 16.0 Å². The second kappa shape index (κ2) is 14.5. The normalized spacial score (nSPS) is 14.2. The van der Waals surface area contributed by atoms with Crippen molar-refractivity contribution in [3.05, 3.63) is 0 Å². The summed E-state index contributed by atoms with van der Waals surface area (Å²) in [5.74, 6) is -4.59. The van der Waals surface area contributed by atoms with Gasteiger partial charge in [0.25, 0.3) is 0 Å². The zero-order valence-corrected chi connectivity index (χ0v) is 17.7. The van der Waals surface area contributed by atoms with E-state index in [2.05, 4.69) is 20.9 Å².